The molecule has 0 spiro atoms. The molecule has 4 nitrogen and oxygen atoms in total. The molecule has 0 aliphatic carbocycles. The molecule has 1 N–H and O–H groups in total. The number of amides is 1. The van der Waals surface area contributed by atoms with Crippen molar-refractivity contribution < 1.29 is 9.53 Å². The Morgan fingerprint density at radius 2 is 2.17 bits per heavy atom. The van der Waals surface area contributed by atoms with E-state index in [4.69, 9.17) is 10.00 Å². The van der Waals surface area contributed by atoms with E-state index in [0.717, 1.165) is 0 Å². The Bertz CT molecular complexity index is 436. The summed E-state index contributed by atoms with van der Waals surface area (Å²) < 4.78 is 5.35. The summed E-state index contributed by atoms with van der Waals surface area (Å²) in [7, 11) is 0. The number of hydrogen-bond donors (Lipinski definition) is 1. The minimum absolute atomic E-state index is 0.0925. The van der Waals surface area contributed by atoms with Crippen LogP contribution in [0.1, 0.15) is 32.3 Å². The summed E-state index contributed by atoms with van der Waals surface area (Å²) in [6, 6.07) is 9.00. The maximum absolute atomic E-state index is 11.6. The minimum Gasteiger partial charge on any atom is -0.379 e. The Kier molecular flexibility index (Phi) is 5.89. The van der Waals surface area contributed by atoms with Crippen LogP contribution in [0, 0.1) is 11.3 Å². The summed E-state index contributed by atoms with van der Waals surface area (Å²) in [4.78, 5) is 11.6. The normalized spacial score (nSPS) is 10.1. The fourth-order valence-corrected chi connectivity index (χ4v) is 1.45. The number of ether oxygens (including phenoxy) is 1. The molecular weight excluding hydrogens is 228 g/mol. The molecule has 0 aromatic heterocycles. The predicted octanol–water partition coefficient (Wildman–Crippen LogP) is 2.70. The summed E-state index contributed by atoms with van der Waals surface area (Å²) in [5.74, 6) is -0.0925. The lowest BCUT2D eigenvalue weighted by Crippen LogP contribution is -2.14. The van der Waals surface area contributed by atoms with Gasteiger partial charge in [0.2, 0.25) is 5.91 Å². The van der Waals surface area contributed by atoms with E-state index in [2.05, 4.69) is 5.32 Å². The van der Waals surface area contributed by atoms with E-state index >= 15 is 0 Å². The Balaban J connectivity index is 2.38. The molecule has 0 saturated heterocycles. The third-order valence-corrected chi connectivity index (χ3v) is 2.32. The highest BCUT2D eigenvalue weighted by atomic mass is 16.5. The molecule has 0 aliphatic rings. The van der Waals surface area contributed by atoms with Crippen LogP contribution in [0.2, 0.25) is 0 Å². The summed E-state index contributed by atoms with van der Waals surface area (Å²) in [6.45, 7) is 4.50. The van der Waals surface area contributed by atoms with Crippen molar-refractivity contribution >= 4 is 11.6 Å². The molecule has 96 valence electrons. The van der Waals surface area contributed by atoms with E-state index in [1.807, 2.05) is 19.9 Å². The van der Waals surface area contributed by atoms with Gasteiger partial charge in [-0.3, -0.25) is 4.79 Å². The van der Waals surface area contributed by atoms with Crippen LogP contribution in [0.15, 0.2) is 24.3 Å². The molecule has 18 heavy (non-hydrogen) atoms. The Morgan fingerprint density at radius 3 is 2.83 bits per heavy atom. The van der Waals surface area contributed by atoms with Gasteiger partial charge in [-0.15, -0.1) is 0 Å². The highest BCUT2D eigenvalue weighted by Gasteiger charge is 2.06. The topological polar surface area (TPSA) is 62.1 Å². The zero-order valence-electron chi connectivity index (χ0n) is 10.8. The van der Waals surface area contributed by atoms with Crippen molar-refractivity contribution in [1.82, 2.24) is 0 Å². The molecule has 1 aromatic carbocycles. The first-order valence-corrected chi connectivity index (χ1v) is 6.04. The van der Waals surface area contributed by atoms with Crippen molar-refractivity contribution in [3.8, 4) is 6.07 Å². The number of para-hydroxylation sites is 1. The minimum atomic E-state index is -0.0925. The first kappa shape index (κ1) is 14.2. The van der Waals surface area contributed by atoms with Crippen molar-refractivity contribution in [2.45, 2.75) is 32.8 Å². The fourth-order valence-electron chi connectivity index (χ4n) is 1.45. The first-order valence-electron chi connectivity index (χ1n) is 6.04. The van der Waals surface area contributed by atoms with Gasteiger partial charge >= 0.3 is 0 Å². The molecule has 0 fully saturated rings. The molecule has 1 rings (SSSR count). The number of carbonyl (C=O) groups is 1. The Morgan fingerprint density at radius 1 is 1.44 bits per heavy atom. The van der Waals surface area contributed by atoms with Gasteiger partial charge in [-0.2, -0.15) is 5.26 Å². The van der Waals surface area contributed by atoms with Crippen LogP contribution in [-0.4, -0.2) is 18.6 Å². The second-order valence-corrected chi connectivity index (χ2v) is 4.23. The highest BCUT2D eigenvalue weighted by Crippen LogP contribution is 2.13. The average molecular weight is 246 g/mol. The molecule has 1 aromatic rings. The van der Waals surface area contributed by atoms with Crippen molar-refractivity contribution in [3.63, 3.8) is 0 Å². The molecule has 0 aliphatic heterocycles. The molecule has 0 radical (unpaired) electrons. The maximum Gasteiger partial charge on any atom is 0.224 e. The van der Waals surface area contributed by atoms with Crippen LogP contribution >= 0.6 is 0 Å². The number of nitrogens with one attached hydrogen (secondary N) is 1. The van der Waals surface area contributed by atoms with Gasteiger partial charge in [0.15, 0.2) is 0 Å². The van der Waals surface area contributed by atoms with Crippen LogP contribution in [0.5, 0.6) is 0 Å². The number of nitrogens with zero attached hydrogens (tertiary/aromatic N) is 1. The highest BCUT2D eigenvalue weighted by molar-refractivity contribution is 5.92. The molecule has 0 bridgehead atoms. The predicted molar refractivity (Wildman–Crippen MR) is 70.1 cm³/mol. The third kappa shape index (κ3) is 4.98. The monoisotopic (exact) mass is 246 g/mol. The molecule has 4 heteroatoms. The Hall–Kier alpha value is -1.86. The summed E-state index contributed by atoms with van der Waals surface area (Å²) >= 11 is 0. The molecule has 0 unspecified atom stereocenters. The van der Waals surface area contributed by atoms with Crippen LogP contribution in [-0.2, 0) is 9.53 Å². The molecule has 0 atom stereocenters. The maximum atomic E-state index is 11.6. The largest absolute Gasteiger partial charge is 0.379 e. The first-order chi connectivity index (χ1) is 8.63. The van der Waals surface area contributed by atoms with Gasteiger partial charge in [0.05, 0.1) is 17.4 Å². The van der Waals surface area contributed by atoms with Crippen LogP contribution in [0.4, 0.5) is 5.69 Å². The van der Waals surface area contributed by atoms with Gasteiger partial charge in [0, 0.05) is 13.0 Å². The number of anilines is 1. The molecule has 0 heterocycles. The lowest BCUT2D eigenvalue weighted by Gasteiger charge is -2.08. The zero-order chi connectivity index (χ0) is 13.4. The second-order valence-electron chi connectivity index (χ2n) is 4.23. The summed E-state index contributed by atoms with van der Waals surface area (Å²) in [6.07, 6.45) is 1.26. The van der Waals surface area contributed by atoms with E-state index in [9.17, 15) is 4.79 Å². The SMILES string of the molecule is CC(C)OCCCC(=O)Nc1ccccc1C#N. The van der Waals surface area contributed by atoms with Gasteiger partial charge in [0.1, 0.15) is 6.07 Å². The van der Waals surface area contributed by atoms with Crippen LogP contribution in [0.25, 0.3) is 0 Å². The van der Waals surface area contributed by atoms with Crippen molar-refractivity contribution in [2.24, 2.45) is 0 Å². The smallest absolute Gasteiger partial charge is 0.224 e. The third-order valence-electron chi connectivity index (χ3n) is 2.32. The summed E-state index contributed by atoms with van der Waals surface area (Å²) in [5, 5.41) is 11.6. The number of nitriles is 1. The van der Waals surface area contributed by atoms with Gasteiger partial charge in [-0.1, -0.05) is 12.1 Å². The molecule has 1 amide bonds. The van der Waals surface area contributed by atoms with Crippen molar-refractivity contribution in [3.05, 3.63) is 29.8 Å². The van der Waals surface area contributed by atoms with E-state index in [0.29, 0.717) is 30.7 Å². The van der Waals surface area contributed by atoms with E-state index in [1.54, 1.807) is 24.3 Å². The number of hydrogen-bond acceptors (Lipinski definition) is 3. The average Bonchev–Trinajstić information content (AvgIpc) is 2.35. The number of carbonyl (C=O) groups excluding carboxylic acids is 1. The second kappa shape index (κ2) is 7.46. The van der Waals surface area contributed by atoms with E-state index in [-0.39, 0.29) is 12.0 Å². The quantitative estimate of drug-likeness (QED) is 0.785. The molecular formula is C14H18N2O2. The zero-order valence-corrected chi connectivity index (χ0v) is 10.8. The van der Waals surface area contributed by atoms with Gasteiger partial charge in [0.25, 0.3) is 0 Å². The number of benzene rings is 1. The Labute approximate surface area is 108 Å². The van der Waals surface area contributed by atoms with Gasteiger partial charge in [-0.25, -0.2) is 0 Å². The van der Waals surface area contributed by atoms with Crippen molar-refractivity contribution in [2.75, 3.05) is 11.9 Å². The lowest BCUT2D eigenvalue weighted by atomic mass is 10.2. The molecule has 0 saturated carbocycles. The van der Waals surface area contributed by atoms with E-state index < -0.39 is 0 Å². The number of rotatable bonds is 6. The van der Waals surface area contributed by atoms with Crippen LogP contribution in [0.3, 0.4) is 0 Å². The fraction of sp³-hybridized carbons (Fsp3) is 0.429. The van der Waals surface area contributed by atoms with Crippen LogP contribution < -0.4 is 5.32 Å². The van der Waals surface area contributed by atoms with Gasteiger partial charge in [-0.05, 0) is 32.4 Å². The van der Waals surface area contributed by atoms with Crippen molar-refractivity contribution in [1.29, 1.82) is 5.26 Å². The summed E-state index contributed by atoms with van der Waals surface area (Å²) in [5.41, 5.74) is 1.04. The van der Waals surface area contributed by atoms with E-state index in [1.165, 1.54) is 0 Å². The lowest BCUT2D eigenvalue weighted by molar-refractivity contribution is -0.116. The van der Waals surface area contributed by atoms with Gasteiger partial charge < -0.3 is 10.1 Å². The standard InChI is InChI=1S/C14H18N2O2/c1-11(2)18-9-5-8-14(17)16-13-7-4-3-6-12(13)10-15/h3-4,6-7,11H,5,8-9H2,1-2H3,(H,16,17).